The number of hydrogen-bond acceptors (Lipinski definition) is 5. The van der Waals surface area contributed by atoms with Crippen molar-refractivity contribution in [2.45, 2.75) is 32.8 Å². The molecule has 1 heterocycles. The molecule has 7 heteroatoms. The quantitative estimate of drug-likeness (QED) is 0.933. The molecule has 0 atom stereocenters. The molecule has 22 heavy (non-hydrogen) atoms. The third-order valence-electron chi connectivity index (χ3n) is 2.68. The van der Waals surface area contributed by atoms with Gasteiger partial charge in [0, 0.05) is 6.54 Å². The lowest BCUT2D eigenvalue weighted by atomic mass is 10.2. The van der Waals surface area contributed by atoms with Crippen molar-refractivity contribution >= 4 is 29.2 Å². The molecule has 0 spiro atoms. The van der Waals surface area contributed by atoms with Crippen molar-refractivity contribution in [1.29, 1.82) is 0 Å². The molecule has 0 saturated carbocycles. The Labute approximate surface area is 127 Å². The van der Waals surface area contributed by atoms with Gasteiger partial charge in [0.25, 0.3) is 0 Å². The second-order valence-corrected chi connectivity index (χ2v) is 5.74. The van der Waals surface area contributed by atoms with E-state index in [-0.39, 0.29) is 19.0 Å². The molecule has 0 aliphatic rings. The van der Waals surface area contributed by atoms with E-state index in [0.29, 0.717) is 11.1 Å². The summed E-state index contributed by atoms with van der Waals surface area (Å²) in [5, 5.41) is 8.83. The highest BCUT2D eigenvalue weighted by atomic mass is 16.6. The number of oxazole rings is 1. The molecule has 1 amide bonds. The number of carboxylic acid groups (broad SMARTS) is 1. The minimum Gasteiger partial charge on any atom is -0.481 e. The van der Waals surface area contributed by atoms with Crippen molar-refractivity contribution in [2.75, 3.05) is 11.4 Å². The fourth-order valence-electron chi connectivity index (χ4n) is 1.76. The normalized spacial score (nSPS) is 11.4. The van der Waals surface area contributed by atoms with Crippen molar-refractivity contribution in [1.82, 2.24) is 4.98 Å². The smallest absolute Gasteiger partial charge is 0.418 e. The number of aliphatic carboxylic acids is 1. The molecule has 0 saturated heterocycles. The predicted octanol–water partition coefficient (Wildman–Crippen LogP) is 3.04. The number of hydrogen-bond donors (Lipinski definition) is 1. The first kappa shape index (κ1) is 15.8. The molecule has 118 valence electrons. The van der Waals surface area contributed by atoms with E-state index >= 15 is 0 Å². The van der Waals surface area contributed by atoms with Crippen LogP contribution in [0.3, 0.4) is 0 Å². The molecule has 0 radical (unpaired) electrons. The lowest BCUT2D eigenvalue weighted by Crippen LogP contribution is -2.38. The van der Waals surface area contributed by atoms with E-state index in [1.165, 1.54) is 0 Å². The van der Waals surface area contributed by atoms with Crippen LogP contribution in [0.1, 0.15) is 27.2 Å². The zero-order valence-corrected chi connectivity index (χ0v) is 12.7. The zero-order chi connectivity index (χ0) is 16.3. The van der Waals surface area contributed by atoms with Crippen molar-refractivity contribution < 1.29 is 23.8 Å². The molecule has 0 unspecified atom stereocenters. The van der Waals surface area contributed by atoms with Gasteiger partial charge in [-0.05, 0) is 32.9 Å². The molecule has 0 bridgehead atoms. The summed E-state index contributed by atoms with van der Waals surface area (Å²) in [6.45, 7) is 5.10. The fourth-order valence-corrected chi connectivity index (χ4v) is 1.76. The van der Waals surface area contributed by atoms with Gasteiger partial charge >= 0.3 is 18.1 Å². The number of aromatic nitrogens is 1. The number of rotatable bonds is 4. The van der Waals surface area contributed by atoms with Crippen LogP contribution in [0.15, 0.2) is 28.7 Å². The van der Waals surface area contributed by atoms with Gasteiger partial charge in [-0.15, -0.1) is 0 Å². The molecule has 7 nitrogen and oxygen atoms in total. The van der Waals surface area contributed by atoms with Crippen molar-refractivity contribution in [2.24, 2.45) is 0 Å². The van der Waals surface area contributed by atoms with Crippen LogP contribution in [0.4, 0.5) is 10.8 Å². The Bertz CT molecular complexity index is 654. The molecule has 2 aromatic rings. The van der Waals surface area contributed by atoms with Crippen LogP contribution >= 0.6 is 0 Å². The number of benzene rings is 1. The summed E-state index contributed by atoms with van der Waals surface area (Å²) in [7, 11) is 0. The van der Waals surface area contributed by atoms with E-state index in [1.807, 2.05) is 0 Å². The summed E-state index contributed by atoms with van der Waals surface area (Å²) in [5.74, 6) is -1.02. The van der Waals surface area contributed by atoms with Crippen molar-refractivity contribution in [3.63, 3.8) is 0 Å². The maximum atomic E-state index is 12.3. The molecular weight excluding hydrogens is 288 g/mol. The van der Waals surface area contributed by atoms with Gasteiger partial charge < -0.3 is 14.3 Å². The number of carbonyl (C=O) groups is 2. The predicted molar refractivity (Wildman–Crippen MR) is 79.8 cm³/mol. The van der Waals surface area contributed by atoms with E-state index in [1.54, 1.807) is 45.0 Å². The molecule has 0 fully saturated rings. The number of carboxylic acids is 1. The van der Waals surface area contributed by atoms with Gasteiger partial charge in [0.2, 0.25) is 0 Å². The number of anilines is 1. The van der Waals surface area contributed by atoms with Gasteiger partial charge in [0.1, 0.15) is 11.1 Å². The summed E-state index contributed by atoms with van der Waals surface area (Å²) >= 11 is 0. The molecule has 1 N–H and O–H groups in total. The SMILES string of the molecule is CC(C)(C)OC(=O)N(CCC(=O)O)c1nc2ccccc2o1. The molecule has 2 rings (SSSR count). The first-order valence-electron chi connectivity index (χ1n) is 6.84. The van der Waals surface area contributed by atoms with E-state index in [0.717, 1.165) is 4.90 Å². The first-order valence-corrected chi connectivity index (χ1v) is 6.84. The maximum absolute atomic E-state index is 12.3. The highest BCUT2D eigenvalue weighted by Crippen LogP contribution is 2.23. The summed E-state index contributed by atoms with van der Waals surface area (Å²) in [4.78, 5) is 28.3. The van der Waals surface area contributed by atoms with Gasteiger partial charge in [-0.25, -0.2) is 9.69 Å². The zero-order valence-electron chi connectivity index (χ0n) is 12.7. The Morgan fingerprint density at radius 1 is 1.32 bits per heavy atom. The number of nitrogens with zero attached hydrogens (tertiary/aromatic N) is 2. The lowest BCUT2D eigenvalue weighted by molar-refractivity contribution is -0.136. The minimum atomic E-state index is -1.02. The van der Waals surface area contributed by atoms with Crippen LogP contribution < -0.4 is 4.90 Å². The third-order valence-corrected chi connectivity index (χ3v) is 2.68. The van der Waals surface area contributed by atoms with E-state index in [9.17, 15) is 9.59 Å². The minimum absolute atomic E-state index is 0.0247. The second kappa shape index (κ2) is 6.05. The van der Waals surface area contributed by atoms with Crippen LogP contribution in [0.2, 0.25) is 0 Å². The average molecular weight is 306 g/mol. The van der Waals surface area contributed by atoms with E-state index in [2.05, 4.69) is 4.98 Å². The highest BCUT2D eigenvalue weighted by molar-refractivity contribution is 5.88. The Kier molecular flexibility index (Phi) is 4.35. The van der Waals surface area contributed by atoms with Crippen LogP contribution in [0, 0.1) is 0 Å². The number of para-hydroxylation sites is 2. The van der Waals surface area contributed by atoms with Crippen LogP contribution in [-0.2, 0) is 9.53 Å². The highest BCUT2D eigenvalue weighted by Gasteiger charge is 2.27. The number of carbonyl (C=O) groups excluding carboxylic acids is 1. The largest absolute Gasteiger partial charge is 0.481 e. The summed E-state index contributed by atoms with van der Waals surface area (Å²) in [6, 6.07) is 7.07. The Morgan fingerprint density at radius 3 is 2.59 bits per heavy atom. The molecule has 1 aromatic carbocycles. The number of ether oxygens (including phenoxy) is 1. The third kappa shape index (κ3) is 3.97. The van der Waals surface area contributed by atoms with E-state index < -0.39 is 17.7 Å². The molecule has 1 aromatic heterocycles. The molecule has 0 aliphatic carbocycles. The Hall–Kier alpha value is -2.57. The monoisotopic (exact) mass is 306 g/mol. The van der Waals surface area contributed by atoms with Gasteiger partial charge in [-0.2, -0.15) is 4.98 Å². The van der Waals surface area contributed by atoms with Crippen LogP contribution in [-0.4, -0.2) is 34.3 Å². The standard InChI is InChI=1S/C15H18N2O5/c1-15(2,3)22-14(20)17(9-8-12(18)19)13-16-10-6-4-5-7-11(10)21-13/h4-7H,8-9H2,1-3H3,(H,18,19). The topological polar surface area (TPSA) is 92.9 Å². The van der Waals surface area contributed by atoms with Gasteiger partial charge in [0.05, 0.1) is 6.42 Å². The maximum Gasteiger partial charge on any atom is 0.418 e. The van der Waals surface area contributed by atoms with Gasteiger partial charge in [-0.3, -0.25) is 4.79 Å². The molecular formula is C15H18N2O5. The number of fused-ring (bicyclic) bond motifs is 1. The summed E-state index contributed by atoms with van der Waals surface area (Å²) in [5.41, 5.74) is 0.396. The molecule has 0 aliphatic heterocycles. The fraction of sp³-hybridized carbons (Fsp3) is 0.400. The van der Waals surface area contributed by atoms with E-state index in [4.69, 9.17) is 14.3 Å². The Balaban J connectivity index is 2.30. The second-order valence-electron chi connectivity index (χ2n) is 5.74. The van der Waals surface area contributed by atoms with Crippen molar-refractivity contribution in [3.05, 3.63) is 24.3 Å². The number of amides is 1. The van der Waals surface area contributed by atoms with Gasteiger partial charge in [-0.1, -0.05) is 12.1 Å². The van der Waals surface area contributed by atoms with Crippen molar-refractivity contribution in [3.8, 4) is 0 Å². The first-order chi connectivity index (χ1) is 10.3. The average Bonchev–Trinajstić information content (AvgIpc) is 2.79. The van der Waals surface area contributed by atoms with Gasteiger partial charge in [0.15, 0.2) is 5.58 Å². The van der Waals surface area contributed by atoms with Crippen LogP contribution in [0.25, 0.3) is 11.1 Å². The Morgan fingerprint density at radius 2 is 2.00 bits per heavy atom. The van der Waals surface area contributed by atoms with Crippen LogP contribution in [0.5, 0.6) is 0 Å². The summed E-state index contributed by atoms with van der Waals surface area (Å²) < 4.78 is 10.8. The summed E-state index contributed by atoms with van der Waals surface area (Å²) in [6.07, 6.45) is -0.932. The lowest BCUT2D eigenvalue weighted by Gasteiger charge is -2.24.